The van der Waals surface area contributed by atoms with Crippen LogP contribution >= 0.6 is 0 Å². The molecule has 0 aromatic heterocycles. The van der Waals surface area contributed by atoms with Gasteiger partial charge in [0.1, 0.15) is 22.3 Å². The molecule has 4 aliphatic heterocycles. The van der Waals surface area contributed by atoms with E-state index in [4.69, 9.17) is 37.9 Å². The lowest BCUT2D eigenvalue weighted by Crippen LogP contribution is -2.54. The zero-order chi connectivity index (χ0) is 37.2. The summed E-state index contributed by atoms with van der Waals surface area (Å²) in [5.74, 6) is -12.6. The van der Waals surface area contributed by atoms with Crippen LogP contribution in [0.4, 0.5) is 0 Å². The summed E-state index contributed by atoms with van der Waals surface area (Å²) < 4.78 is 42.5. The summed E-state index contributed by atoms with van der Waals surface area (Å²) in [6, 6.07) is 0. The molecule has 2 spiro atoms. The molecule has 51 heavy (non-hydrogen) atoms. The SMILES string of the molecule is CCC1(C)OC(=O)C(/C=C/C=C/C=C2C(=O)OC3(CCC4(CC3)OC(=O)C(C=CC=CC=C3C(=O)OC(C)(C)OC3=O)=C(O)O4)OC2=O)=C(O)O1. The Hall–Kier alpha value is -6.06. The molecule has 5 rings (SSSR count). The van der Waals surface area contributed by atoms with Gasteiger partial charge >= 0.3 is 35.8 Å². The Morgan fingerprint density at radius 3 is 1.33 bits per heavy atom. The first kappa shape index (κ1) is 36.2. The molecule has 4 heterocycles. The molecule has 16 nitrogen and oxygen atoms in total. The molecule has 2 N–H and O–H groups in total. The lowest BCUT2D eigenvalue weighted by Gasteiger charge is -2.46. The van der Waals surface area contributed by atoms with Gasteiger partial charge in [0.2, 0.25) is 0 Å². The van der Waals surface area contributed by atoms with Crippen molar-refractivity contribution in [2.45, 2.75) is 82.9 Å². The number of rotatable bonds is 7. The van der Waals surface area contributed by atoms with Gasteiger partial charge in [-0.2, -0.15) is 0 Å². The van der Waals surface area contributed by atoms with Crippen molar-refractivity contribution in [1.29, 1.82) is 0 Å². The predicted molar refractivity (Wildman–Crippen MR) is 167 cm³/mol. The van der Waals surface area contributed by atoms with Crippen LogP contribution in [0.25, 0.3) is 0 Å². The highest BCUT2D eigenvalue weighted by molar-refractivity contribution is 6.16. The van der Waals surface area contributed by atoms with Gasteiger partial charge in [0.05, 0.1) is 0 Å². The van der Waals surface area contributed by atoms with Gasteiger partial charge in [-0.25, -0.2) is 28.8 Å². The Morgan fingerprint density at radius 1 is 0.510 bits per heavy atom. The topological polar surface area (TPSA) is 217 Å². The lowest BCUT2D eigenvalue weighted by atomic mass is 9.87. The molecular formula is C35H34O16. The standard InChI is InChI=1S/C35H34O16/c1-5-33(4)46-26(38)21(27(39)47-33)13-9-7-11-15-23-30(42)50-35(51-31(23)43)18-16-34(17-19-35)48-28(40)22(29(41)49-34)14-10-6-8-12-20-24(36)44-32(2,3)45-25(20)37/h6-15,38,40H,5,16-19H2,1-4H3/b8-6?,11-7+,13-9+,14-10?,23-15?. The van der Waals surface area contributed by atoms with Gasteiger partial charge in [0, 0.05) is 52.9 Å². The maximum atomic E-state index is 12.8. The van der Waals surface area contributed by atoms with Gasteiger partial charge in [-0.3, -0.25) is 0 Å². The fraction of sp³-hybridized carbons (Fsp3) is 0.371. The Labute approximate surface area is 290 Å². The Morgan fingerprint density at radius 2 is 0.902 bits per heavy atom. The smallest absolute Gasteiger partial charge is 0.348 e. The molecule has 1 unspecified atom stereocenters. The quantitative estimate of drug-likeness (QED) is 0.126. The number of aliphatic hydroxyl groups is 2. The van der Waals surface area contributed by atoms with Crippen LogP contribution in [0.15, 0.2) is 94.9 Å². The third kappa shape index (κ3) is 7.90. The first-order valence-corrected chi connectivity index (χ1v) is 15.7. The molecule has 0 bridgehead atoms. The zero-order valence-electron chi connectivity index (χ0n) is 27.9. The number of ether oxygens (including phenoxy) is 8. The van der Waals surface area contributed by atoms with Gasteiger partial charge in [0.15, 0.2) is 0 Å². The minimum absolute atomic E-state index is 0.104. The number of aliphatic hydroxyl groups excluding tert-OH is 2. The van der Waals surface area contributed by atoms with Crippen molar-refractivity contribution in [3.8, 4) is 0 Å². The summed E-state index contributed by atoms with van der Waals surface area (Å²) >= 11 is 0. The van der Waals surface area contributed by atoms with Crippen molar-refractivity contribution in [2.75, 3.05) is 0 Å². The van der Waals surface area contributed by atoms with Crippen LogP contribution in [0.5, 0.6) is 0 Å². The summed E-state index contributed by atoms with van der Waals surface area (Å²) in [5.41, 5.74) is -1.27. The molecule has 0 amide bonds. The summed E-state index contributed by atoms with van der Waals surface area (Å²) in [4.78, 5) is 74.6. The highest BCUT2D eigenvalue weighted by atomic mass is 16.8. The third-order valence-corrected chi connectivity index (χ3v) is 8.11. The van der Waals surface area contributed by atoms with Crippen molar-refractivity contribution in [1.82, 2.24) is 0 Å². The molecular weight excluding hydrogens is 676 g/mol. The summed E-state index contributed by atoms with van der Waals surface area (Å²) in [5, 5.41) is 20.6. The van der Waals surface area contributed by atoms with Crippen molar-refractivity contribution in [3.63, 3.8) is 0 Å². The number of allylic oxidation sites excluding steroid dienone is 8. The highest BCUT2D eigenvalue weighted by Gasteiger charge is 2.56. The molecule has 0 aromatic carbocycles. The summed E-state index contributed by atoms with van der Waals surface area (Å²) in [6.45, 7) is 6.06. The second-order valence-electron chi connectivity index (χ2n) is 12.3. The van der Waals surface area contributed by atoms with E-state index < -0.39 is 76.4 Å². The van der Waals surface area contributed by atoms with E-state index in [-0.39, 0.29) is 42.4 Å². The molecule has 270 valence electrons. The lowest BCUT2D eigenvalue weighted by molar-refractivity contribution is -0.297. The number of cyclic esters (lactones) is 3. The molecule has 1 aliphatic carbocycles. The molecule has 1 atom stereocenters. The number of hydrogen-bond acceptors (Lipinski definition) is 16. The van der Waals surface area contributed by atoms with E-state index in [1.807, 2.05) is 0 Å². The third-order valence-electron chi connectivity index (χ3n) is 8.11. The van der Waals surface area contributed by atoms with Gasteiger partial charge in [-0.05, 0) is 24.3 Å². The van der Waals surface area contributed by atoms with E-state index in [0.717, 1.165) is 6.08 Å². The minimum atomic E-state index is -1.65. The predicted octanol–water partition coefficient (Wildman–Crippen LogP) is 3.78. The van der Waals surface area contributed by atoms with Gasteiger partial charge < -0.3 is 48.1 Å². The zero-order valence-corrected chi connectivity index (χ0v) is 27.9. The monoisotopic (exact) mass is 710 g/mol. The average Bonchev–Trinajstić information content (AvgIpc) is 3.02. The second kappa shape index (κ2) is 13.7. The fourth-order valence-corrected chi connectivity index (χ4v) is 5.25. The summed E-state index contributed by atoms with van der Waals surface area (Å²) in [6.07, 6.45) is 12.7. The van der Waals surface area contributed by atoms with E-state index in [1.54, 1.807) is 6.92 Å². The van der Waals surface area contributed by atoms with Crippen LogP contribution in [0.2, 0.25) is 0 Å². The molecule has 2 saturated heterocycles. The normalized spacial score (nSPS) is 27.8. The van der Waals surface area contributed by atoms with Crippen LogP contribution in [-0.4, -0.2) is 69.2 Å². The molecule has 5 aliphatic rings. The Bertz CT molecular complexity index is 1760. The molecule has 3 fully saturated rings. The van der Waals surface area contributed by atoms with Crippen LogP contribution in [0, 0.1) is 0 Å². The van der Waals surface area contributed by atoms with Crippen LogP contribution in [0.3, 0.4) is 0 Å². The van der Waals surface area contributed by atoms with E-state index in [2.05, 4.69) is 0 Å². The van der Waals surface area contributed by atoms with Crippen molar-refractivity contribution in [2.24, 2.45) is 0 Å². The minimum Gasteiger partial charge on any atom is -0.480 e. The fourth-order valence-electron chi connectivity index (χ4n) is 5.25. The molecule has 1 saturated carbocycles. The van der Waals surface area contributed by atoms with Crippen LogP contribution < -0.4 is 0 Å². The largest absolute Gasteiger partial charge is 0.480 e. The number of carbonyl (C=O) groups is 6. The van der Waals surface area contributed by atoms with E-state index in [0.29, 0.717) is 6.42 Å². The first-order chi connectivity index (χ1) is 24.0. The average molecular weight is 711 g/mol. The van der Waals surface area contributed by atoms with Gasteiger partial charge in [0.25, 0.3) is 35.0 Å². The number of esters is 6. The van der Waals surface area contributed by atoms with E-state index in [1.165, 1.54) is 75.5 Å². The van der Waals surface area contributed by atoms with Gasteiger partial charge in [-0.15, -0.1) is 0 Å². The Balaban J connectivity index is 1.15. The first-order valence-electron chi connectivity index (χ1n) is 15.7. The van der Waals surface area contributed by atoms with E-state index in [9.17, 15) is 39.0 Å². The molecule has 0 radical (unpaired) electrons. The van der Waals surface area contributed by atoms with Crippen molar-refractivity contribution in [3.05, 3.63) is 94.9 Å². The molecule has 0 aromatic rings. The van der Waals surface area contributed by atoms with Crippen molar-refractivity contribution >= 4 is 35.8 Å². The van der Waals surface area contributed by atoms with Crippen LogP contribution in [0.1, 0.15) is 59.8 Å². The second-order valence-corrected chi connectivity index (χ2v) is 12.3. The number of carbonyl (C=O) groups excluding carboxylic acids is 6. The summed E-state index contributed by atoms with van der Waals surface area (Å²) in [7, 11) is 0. The van der Waals surface area contributed by atoms with Crippen LogP contribution in [-0.2, 0) is 66.7 Å². The maximum absolute atomic E-state index is 12.8. The maximum Gasteiger partial charge on any atom is 0.348 e. The number of hydrogen-bond donors (Lipinski definition) is 2. The van der Waals surface area contributed by atoms with Gasteiger partial charge in [-0.1, -0.05) is 43.4 Å². The molecule has 16 heteroatoms. The van der Waals surface area contributed by atoms with E-state index >= 15 is 0 Å². The van der Waals surface area contributed by atoms with Crippen molar-refractivity contribution < 1.29 is 76.9 Å². The Kier molecular flexibility index (Phi) is 9.72. The highest BCUT2D eigenvalue weighted by Crippen LogP contribution is 2.45.